The van der Waals surface area contributed by atoms with Crippen molar-refractivity contribution in [2.45, 2.75) is 32.0 Å². The zero-order valence-electron chi connectivity index (χ0n) is 10.1. The smallest absolute Gasteiger partial charge is 0.383 e. The molecule has 0 bridgehead atoms. The highest BCUT2D eigenvalue weighted by atomic mass is 19.4. The van der Waals surface area contributed by atoms with Gasteiger partial charge in [-0.3, -0.25) is 4.79 Å². The van der Waals surface area contributed by atoms with Crippen molar-refractivity contribution in [2.24, 2.45) is 0 Å². The molecule has 0 aliphatic rings. The number of alkyl halides is 3. The summed E-state index contributed by atoms with van der Waals surface area (Å²) < 4.78 is 40.2. The first kappa shape index (κ1) is 16.2. The van der Waals surface area contributed by atoms with Crippen LogP contribution in [0.2, 0.25) is 0 Å². The lowest BCUT2D eigenvalue weighted by molar-refractivity contribution is -0.135. The Balaban J connectivity index is 3.46. The highest BCUT2D eigenvalue weighted by Crippen LogP contribution is 2.20. The van der Waals surface area contributed by atoms with Crippen molar-refractivity contribution >= 4 is 5.91 Å². The van der Waals surface area contributed by atoms with E-state index < -0.39 is 12.6 Å². The number of carbonyl (C=O) groups excluding carboxylic acids is 1. The first-order chi connectivity index (χ1) is 7.85. The van der Waals surface area contributed by atoms with Crippen LogP contribution in [0.25, 0.3) is 0 Å². The van der Waals surface area contributed by atoms with Crippen molar-refractivity contribution in [3.8, 4) is 0 Å². The van der Waals surface area contributed by atoms with E-state index in [0.29, 0.717) is 6.61 Å². The van der Waals surface area contributed by atoms with Crippen LogP contribution in [0.3, 0.4) is 0 Å². The monoisotopic (exact) mass is 256 g/mol. The van der Waals surface area contributed by atoms with E-state index >= 15 is 0 Å². The second-order valence-corrected chi connectivity index (χ2v) is 3.82. The third-order valence-corrected chi connectivity index (χ3v) is 1.92. The molecule has 1 unspecified atom stereocenters. The molecule has 0 fully saturated rings. The first-order valence-electron chi connectivity index (χ1n) is 5.41. The number of ether oxygens (including phenoxy) is 1. The number of hydrogen-bond acceptors (Lipinski definition) is 3. The van der Waals surface area contributed by atoms with E-state index in [9.17, 15) is 18.0 Å². The third kappa shape index (κ3) is 11.4. The summed E-state index contributed by atoms with van der Waals surface area (Å²) >= 11 is 0. The topological polar surface area (TPSA) is 50.4 Å². The Morgan fingerprint density at radius 1 is 1.41 bits per heavy atom. The van der Waals surface area contributed by atoms with Gasteiger partial charge in [0.05, 0.1) is 13.2 Å². The number of amides is 1. The Hall–Kier alpha value is -0.820. The number of halogens is 3. The fraction of sp³-hybridized carbons (Fsp3) is 0.900. The van der Waals surface area contributed by atoms with E-state index in [0.717, 1.165) is 0 Å². The summed E-state index contributed by atoms with van der Waals surface area (Å²) in [4.78, 5) is 11.2. The van der Waals surface area contributed by atoms with E-state index in [2.05, 4.69) is 10.6 Å². The fourth-order valence-electron chi connectivity index (χ4n) is 1.23. The lowest BCUT2D eigenvalue weighted by Gasteiger charge is -2.13. The summed E-state index contributed by atoms with van der Waals surface area (Å²) in [5, 5.41) is 5.29. The number of nitrogens with one attached hydrogen (secondary N) is 2. The van der Waals surface area contributed by atoms with E-state index in [1.54, 1.807) is 6.92 Å². The molecule has 0 aliphatic heterocycles. The van der Waals surface area contributed by atoms with Crippen LogP contribution >= 0.6 is 0 Å². The van der Waals surface area contributed by atoms with Gasteiger partial charge in [0.15, 0.2) is 0 Å². The van der Waals surface area contributed by atoms with Crippen molar-refractivity contribution in [2.75, 3.05) is 26.8 Å². The van der Waals surface area contributed by atoms with Gasteiger partial charge < -0.3 is 15.4 Å². The van der Waals surface area contributed by atoms with E-state index in [1.807, 2.05) is 0 Å². The van der Waals surface area contributed by atoms with E-state index in [4.69, 9.17) is 4.74 Å². The molecule has 0 aliphatic carbocycles. The summed E-state index contributed by atoms with van der Waals surface area (Å²) in [5.74, 6) is -0.249. The molecule has 1 atom stereocenters. The molecule has 1 amide bonds. The Morgan fingerprint density at radius 3 is 2.59 bits per heavy atom. The molecule has 0 heterocycles. The Kier molecular flexibility index (Phi) is 7.90. The summed E-state index contributed by atoms with van der Waals surface area (Å²) in [6.45, 7) is 2.38. The number of hydrogen-bond donors (Lipinski definition) is 2. The normalized spacial score (nSPS) is 13.5. The molecular formula is C10H19F3N2O2. The average molecular weight is 256 g/mol. The fourth-order valence-corrected chi connectivity index (χ4v) is 1.23. The van der Waals surface area contributed by atoms with Crippen LogP contribution in [-0.2, 0) is 9.53 Å². The molecule has 0 aromatic rings. The predicted octanol–water partition coefficient (Wildman–Crippen LogP) is 1.07. The highest BCUT2D eigenvalue weighted by Gasteiger charge is 2.25. The van der Waals surface area contributed by atoms with Gasteiger partial charge in [-0.2, -0.15) is 13.2 Å². The van der Waals surface area contributed by atoms with E-state index in [-0.39, 0.29) is 31.5 Å². The molecule has 0 saturated heterocycles. The van der Waals surface area contributed by atoms with Crippen molar-refractivity contribution in [1.82, 2.24) is 10.6 Å². The standard InChI is InChI=1S/C10H19F3N2O2/c1-8(7-17-2)15-9(16)6-14-5-3-4-10(11,12)13/h8,14H,3-7H2,1-2H3,(H,15,16). The lowest BCUT2D eigenvalue weighted by atomic mass is 10.3. The highest BCUT2D eigenvalue weighted by molar-refractivity contribution is 5.78. The second-order valence-electron chi connectivity index (χ2n) is 3.82. The summed E-state index contributed by atoms with van der Waals surface area (Å²) in [6.07, 6.45) is -4.98. The van der Waals surface area contributed by atoms with Gasteiger partial charge >= 0.3 is 6.18 Å². The van der Waals surface area contributed by atoms with Crippen molar-refractivity contribution < 1.29 is 22.7 Å². The molecule has 0 aromatic heterocycles. The van der Waals surface area contributed by atoms with Crippen LogP contribution in [0.1, 0.15) is 19.8 Å². The minimum Gasteiger partial charge on any atom is -0.383 e. The minimum atomic E-state index is -4.13. The maximum Gasteiger partial charge on any atom is 0.389 e. The van der Waals surface area contributed by atoms with Gasteiger partial charge in [-0.25, -0.2) is 0 Å². The molecule has 0 radical (unpaired) electrons. The van der Waals surface area contributed by atoms with Gasteiger partial charge in [-0.05, 0) is 19.9 Å². The molecule has 2 N–H and O–H groups in total. The zero-order valence-corrected chi connectivity index (χ0v) is 10.1. The molecule has 102 valence electrons. The van der Waals surface area contributed by atoms with Crippen molar-refractivity contribution in [1.29, 1.82) is 0 Å². The summed E-state index contributed by atoms with van der Waals surface area (Å²) in [5.41, 5.74) is 0. The molecular weight excluding hydrogens is 237 g/mol. The van der Waals surface area contributed by atoms with Gasteiger partial charge in [-0.1, -0.05) is 0 Å². The Labute approximate surface area is 98.9 Å². The quantitative estimate of drug-likeness (QED) is 0.639. The van der Waals surface area contributed by atoms with Crippen LogP contribution in [0.15, 0.2) is 0 Å². The lowest BCUT2D eigenvalue weighted by Crippen LogP contribution is -2.41. The number of methoxy groups -OCH3 is 1. The van der Waals surface area contributed by atoms with Crippen LogP contribution in [-0.4, -0.2) is 44.9 Å². The van der Waals surface area contributed by atoms with Crippen molar-refractivity contribution in [3.63, 3.8) is 0 Å². The van der Waals surface area contributed by atoms with Crippen LogP contribution < -0.4 is 10.6 Å². The number of carbonyl (C=O) groups is 1. The van der Waals surface area contributed by atoms with Gasteiger partial charge in [0.1, 0.15) is 0 Å². The summed E-state index contributed by atoms with van der Waals surface area (Å²) in [6, 6.07) is -0.107. The van der Waals surface area contributed by atoms with Crippen molar-refractivity contribution in [3.05, 3.63) is 0 Å². The number of rotatable bonds is 8. The van der Waals surface area contributed by atoms with Gasteiger partial charge in [0.2, 0.25) is 5.91 Å². The SMILES string of the molecule is COCC(C)NC(=O)CNCCCC(F)(F)F. The minimum absolute atomic E-state index is 0.0198. The average Bonchev–Trinajstić information content (AvgIpc) is 2.15. The maximum absolute atomic E-state index is 11.8. The second kappa shape index (κ2) is 8.30. The Morgan fingerprint density at radius 2 is 2.06 bits per heavy atom. The molecule has 0 aromatic carbocycles. The zero-order chi connectivity index (χ0) is 13.3. The van der Waals surface area contributed by atoms with Gasteiger partial charge in [0.25, 0.3) is 0 Å². The third-order valence-electron chi connectivity index (χ3n) is 1.92. The maximum atomic E-state index is 11.8. The van der Waals surface area contributed by atoms with Crippen LogP contribution in [0, 0.1) is 0 Å². The van der Waals surface area contributed by atoms with Gasteiger partial charge in [-0.15, -0.1) is 0 Å². The molecule has 17 heavy (non-hydrogen) atoms. The Bertz CT molecular complexity index is 222. The molecule has 0 saturated carbocycles. The first-order valence-corrected chi connectivity index (χ1v) is 5.41. The molecule has 7 heteroatoms. The molecule has 0 spiro atoms. The van der Waals surface area contributed by atoms with E-state index in [1.165, 1.54) is 7.11 Å². The summed E-state index contributed by atoms with van der Waals surface area (Å²) in [7, 11) is 1.53. The predicted molar refractivity (Wildman–Crippen MR) is 57.6 cm³/mol. The largest absolute Gasteiger partial charge is 0.389 e. The van der Waals surface area contributed by atoms with Crippen LogP contribution in [0.4, 0.5) is 13.2 Å². The molecule has 0 rings (SSSR count). The van der Waals surface area contributed by atoms with Gasteiger partial charge in [0, 0.05) is 19.6 Å². The van der Waals surface area contributed by atoms with Crippen LogP contribution in [0.5, 0.6) is 0 Å². The molecule has 4 nitrogen and oxygen atoms in total.